The lowest BCUT2D eigenvalue weighted by Crippen LogP contribution is -2.43. The quantitative estimate of drug-likeness (QED) is 0.852. The standard InChI is InChI=1S/C14H25N3/c1-10(2)12(4)17(5)14(11(3)15)13-6-8-16-9-7-13/h6-12,14H,15H2,1-5H3. The van der Waals surface area contributed by atoms with E-state index in [1.165, 1.54) is 5.56 Å². The molecule has 3 atom stereocenters. The fourth-order valence-corrected chi connectivity index (χ4v) is 2.19. The highest BCUT2D eigenvalue weighted by Crippen LogP contribution is 2.25. The first-order valence-electron chi connectivity index (χ1n) is 6.32. The van der Waals surface area contributed by atoms with E-state index >= 15 is 0 Å². The molecule has 3 unspecified atom stereocenters. The Bertz CT molecular complexity index is 321. The first kappa shape index (κ1) is 14.1. The van der Waals surface area contributed by atoms with Crippen LogP contribution in [0.5, 0.6) is 0 Å². The van der Waals surface area contributed by atoms with Crippen LogP contribution in [0.1, 0.15) is 39.3 Å². The minimum atomic E-state index is 0.101. The number of hydrogen-bond acceptors (Lipinski definition) is 3. The van der Waals surface area contributed by atoms with Gasteiger partial charge in [-0.05, 0) is 44.5 Å². The molecule has 3 nitrogen and oxygen atoms in total. The molecule has 0 aliphatic rings. The van der Waals surface area contributed by atoms with Gasteiger partial charge in [0, 0.05) is 30.5 Å². The summed E-state index contributed by atoms with van der Waals surface area (Å²) in [5, 5.41) is 0. The van der Waals surface area contributed by atoms with Crippen molar-refractivity contribution in [1.29, 1.82) is 0 Å². The van der Waals surface area contributed by atoms with Crippen LogP contribution < -0.4 is 5.73 Å². The zero-order chi connectivity index (χ0) is 13.0. The highest BCUT2D eigenvalue weighted by Gasteiger charge is 2.26. The van der Waals surface area contributed by atoms with Gasteiger partial charge < -0.3 is 5.73 Å². The molecule has 0 saturated heterocycles. The van der Waals surface area contributed by atoms with Gasteiger partial charge in [-0.1, -0.05) is 13.8 Å². The second-order valence-corrected chi connectivity index (χ2v) is 5.23. The van der Waals surface area contributed by atoms with E-state index in [-0.39, 0.29) is 12.1 Å². The molecule has 0 fully saturated rings. The Morgan fingerprint density at radius 3 is 2.06 bits per heavy atom. The molecule has 0 amide bonds. The summed E-state index contributed by atoms with van der Waals surface area (Å²) in [5.41, 5.74) is 7.39. The summed E-state index contributed by atoms with van der Waals surface area (Å²) in [6, 6.07) is 4.95. The van der Waals surface area contributed by atoms with E-state index in [1.807, 2.05) is 12.4 Å². The number of likely N-dealkylation sites (N-methyl/N-ethyl adjacent to an activating group) is 1. The molecule has 0 bridgehead atoms. The van der Waals surface area contributed by atoms with Crippen LogP contribution in [0.3, 0.4) is 0 Å². The molecule has 0 spiro atoms. The Morgan fingerprint density at radius 1 is 1.12 bits per heavy atom. The minimum Gasteiger partial charge on any atom is -0.326 e. The van der Waals surface area contributed by atoms with Crippen molar-refractivity contribution in [2.45, 2.75) is 45.8 Å². The maximum atomic E-state index is 6.15. The van der Waals surface area contributed by atoms with Crippen LogP contribution in [0.25, 0.3) is 0 Å². The molecule has 96 valence electrons. The average Bonchev–Trinajstić information content (AvgIpc) is 2.28. The van der Waals surface area contributed by atoms with Crippen LogP contribution >= 0.6 is 0 Å². The van der Waals surface area contributed by atoms with Gasteiger partial charge in [0.25, 0.3) is 0 Å². The lowest BCUT2D eigenvalue weighted by atomic mass is 9.96. The number of pyridine rings is 1. The van der Waals surface area contributed by atoms with Crippen molar-refractivity contribution >= 4 is 0 Å². The van der Waals surface area contributed by atoms with Crippen LogP contribution in [0.2, 0.25) is 0 Å². The van der Waals surface area contributed by atoms with Crippen LogP contribution in [-0.4, -0.2) is 29.0 Å². The van der Waals surface area contributed by atoms with E-state index < -0.39 is 0 Å². The zero-order valence-corrected chi connectivity index (χ0v) is 11.6. The van der Waals surface area contributed by atoms with Gasteiger partial charge in [-0.2, -0.15) is 0 Å². The van der Waals surface area contributed by atoms with E-state index in [9.17, 15) is 0 Å². The van der Waals surface area contributed by atoms with E-state index in [0.29, 0.717) is 12.0 Å². The van der Waals surface area contributed by atoms with Gasteiger partial charge in [-0.15, -0.1) is 0 Å². The fraction of sp³-hybridized carbons (Fsp3) is 0.643. The topological polar surface area (TPSA) is 42.2 Å². The van der Waals surface area contributed by atoms with E-state index in [2.05, 4.69) is 56.8 Å². The molecule has 2 N–H and O–H groups in total. The van der Waals surface area contributed by atoms with Crippen LogP contribution in [0, 0.1) is 5.92 Å². The zero-order valence-electron chi connectivity index (χ0n) is 11.6. The molecule has 0 aliphatic carbocycles. The van der Waals surface area contributed by atoms with Gasteiger partial charge in [-0.25, -0.2) is 0 Å². The van der Waals surface area contributed by atoms with Gasteiger partial charge in [0.1, 0.15) is 0 Å². The maximum absolute atomic E-state index is 6.15. The Balaban J connectivity index is 2.94. The highest BCUT2D eigenvalue weighted by atomic mass is 15.2. The Hall–Kier alpha value is -0.930. The SMILES string of the molecule is CC(C)C(C)N(C)C(c1ccncc1)C(C)N. The lowest BCUT2D eigenvalue weighted by molar-refractivity contribution is 0.133. The second kappa shape index (κ2) is 6.12. The van der Waals surface area contributed by atoms with Gasteiger partial charge in [0.2, 0.25) is 0 Å². The summed E-state index contributed by atoms with van der Waals surface area (Å²) in [7, 11) is 2.15. The van der Waals surface area contributed by atoms with Crippen LogP contribution in [-0.2, 0) is 0 Å². The van der Waals surface area contributed by atoms with E-state index in [4.69, 9.17) is 5.73 Å². The second-order valence-electron chi connectivity index (χ2n) is 5.23. The number of nitrogens with zero attached hydrogens (tertiary/aromatic N) is 2. The van der Waals surface area contributed by atoms with Crippen molar-refractivity contribution in [2.75, 3.05) is 7.05 Å². The average molecular weight is 235 g/mol. The Labute approximate surface area is 105 Å². The lowest BCUT2D eigenvalue weighted by Gasteiger charge is -2.37. The summed E-state index contributed by atoms with van der Waals surface area (Å²) in [5.74, 6) is 0.614. The monoisotopic (exact) mass is 235 g/mol. The van der Waals surface area contributed by atoms with E-state index in [0.717, 1.165) is 0 Å². The molecular formula is C14H25N3. The number of nitrogens with two attached hydrogens (primary N) is 1. The first-order valence-corrected chi connectivity index (χ1v) is 6.32. The third-order valence-corrected chi connectivity index (χ3v) is 3.59. The summed E-state index contributed by atoms with van der Waals surface area (Å²) < 4.78 is 0. The molecular weight excluding hydrogens is 210 g/mol. The molecule has 1 aromatic heterocycles. The molecule has 0 radical (unpaired) electrons. The predicted octanol–water partition coefficient (Wildman–Crippen LogP) is 2.45. The number of aromatic nitrogens is 1. The number of rotatable bonds is 5. The third-order valence-electron chi connectivity index (χ3n) is 3.59. The van der Waals surface area contributed by atoms with Gasteiger partial charge in [0.15, 0.2) is 0 Å². The van der Waals surface area contributed by atoms with Crippen LogP contribution in [0.4, 0.5) is 0 Å². The molecule has 0 aliphatic heterocycles. The third kappa shape index (κ3) is 3.51. The summed E-state index contributed by atoms with van der Waals surface area (Å²) in [6.07, 6.45) is 3.66. The van der Waals surface area contributed by atoms with Crippen molar-refractivity contribution in [3.63, 3.8) is 0 Å². The molecule has 1 heterocycles. The van der Waals surface area contributed by atoms with Gasteiger partial charge in [0.05, 0.1) is 0 Å². The highest BCUT2D eigenvalue weighted by molar-refractivity contribution is 5.17. The maximum Gasteiger partial charge on any atom is 0.0497 e. The van der Waals surface area contributed by atoms with Crippen molar-refractivity contribution < 1.29 is 0 Å². The van der Waals surface area contributed by atoms with Crippen molar-refractivity contribution in [3.8, 4) is 0 Å². The van der Waals surface area contributed by atoms with Crippen molar-refractivity contribution in [2.24, 2.45) is 11.7 Å². The molecule has 1 aromatic rings. The summed E-state index contributed by atoms with van der Waals surface area (Å²) in [4.78, 5) is 6.43. The molecule has 0 saturated carbocycles. The minimum absolute atomic E-state index is 0.101. The normalized spacial score (nSPS) is 17.2. The summed E-state index contributed by atoms with van der Waals surface area (Å²) in [6.45, 7) is 8.80. The molecule has 17 heavy (non-hydrogen) atoms. The smallest absolute Gasteiger partial charge is 0.0497 e. The van der Waals surface area contributed by atoms with Gasteiger partial charge in [-0.3, -0.25) is 9.88 Å². The number of hydrogen-bond donors (Lipinski definition) is 1. The van der Waals surface area contributed by atoms with Crippen molar-refractivity contribution in [1.82, 2.24) is 9.88 Å². The summed E-state index contributed by atoms with van der Waals surface area (Å²) >= 11 is 0. The van der Waals surface area contributed by atoms with Crippen molar-refractivity contribution in [3.05, 3.63) is 30.1 Å². The van der Waals surface area contributed by atoms with E-state index in [1.54, 1.807) is 0 Å². The fourth-order valence-electron chi connectivity index (χ4n) is 2.19. The molecule has 1 rings (SSSR count). The molecule has 3 heteroatoms. The first-order chi connectivity index (χ1) is 7.95. The predicted molar refractivity (Wildman–Crippen MR) is 72.7 cm³/mol. The van der Waals surface area contributed by atoms with Gasteiger partial charge >= 0.3 is 0 Å². The van der Waals surface area contributed by atoms with Crippen LogP contribution in [0.15, 0.2) is 24.5 Å². The molecule has 0 aromatic carbocycles. The Morgan fingerprint density at radius 2 is 1.65 bits per heavy atom. The largest absolute Gasteiger partial charge is 0.326 e. The Kier molecular flexibility index (Phi) is 5.09.